The molecule has 0 saturated heterocycles. The minimum absolute atomic E-state index is 0.00404. The zero-order chi connectivity index (χ0) is 20.5. The highest BCUT2D eigenvalue weighted by Gasteiger charge is 2.14. The minimum Gasteiger partial charge on any atom is -0.497 e. The molecule has 148 valence electrons. The lowest BCUT2D eigenvalue weighted by Gasteiger charge is -2.12. The number of rotatable bonds is 9. The molecule has 2 aromatic carbocycles. The monoisotopic (exact) mass is 384 g/mol. The minimum atomic E-state index is -0.362. The third kappa shape index (κ3) is 5.84. The number of methoxy groups -OCH3 is 2. The maximum atomic E-state index is 12.3. The molecule has 28 heavy (non-hydrogen) atoms. The van der Waals surface area contributed by atoms with Crippen LogP contribution in [-0.4, -0.2) is 31.8 Å². The van der Waals surface area contributed by atoms with E-state index in [9.17, 15) is 14.4 Å². The second kappa shape index (κ2) is 10.1. The van der Waals surface area contributed by atoms with Crippen LogP contribution in [0.4, 0.5) is 11.4 Å². The molecular weight excluding hydrogens is 360 g/mol. The maximum Gasteiger partial charge on any atom is 0.224 e. The number of carbonyl (C=O) groups excluding carboxylic acids is 3. The van der Waals surface area contributed by atoms with Gasteiger partial charge in [-0.05, 0) is 24.3 Å². The first-order valence-corrected chi connectivity index (χ1v) is 8.91. The van der Waals surface area contributed by atoms with Gasteiger partial charge in [-0.15, -0.1) is 0 Å². The zero-order valence-electron chi connectivity index (χ0n) is 16.2. The van der Waals surface area contributed by atoms with Crippen LogP contribution in [0.15, 0.2) is 42.5 Å². The summed E-state index contributed by atoms with van der Waals surface area (Å²) in [4.78, 5) is 36.4. The van der Waals surface area contributed by atoms with Crippen molar-refractivity contribution < 1.29 is 23.9 Å². The van der Waals surface area contributed by atoms with Crippen molar-refractivity contribution in [1.82, 2.24) is 0 Å². The maximum absolute atomic E-state index is 12.3. The summed E-state index contributed by atoms with van der Waals surface area (Å²) in [7, 11) is 3.05. The second-order valence-corrected chi connectivity index (χ2v) is 6.02. The van der Waals surface area contributed by atoms with Crippen LogP contribution >= 0.6 is 0 Å². The summed E-state index contributed by atoms with van der Waals surface area (Å²) in [6.45, 7) is 1.75. The van der Waals surface area contributed by atoms with Crippen LogP contribution in [0.5, 0.6) is 11.5 Å². The van der Waals surface area contributed by atoms with Crippen LogP contribution in [0.1, 0.15) is 36.5 Å². The quantitative estimate of drug-likeness (QED) is 0.644. The number of hydrogen-bond donors (Lipinski definition) is 2. The number of carbonyl (C=O) groups is 3. The summed E-state index contributed by atoms with van der Waals surface area (Å²) in [6.07, 6.45) is 0.301. The van der Waals surface area contributed by atoms with E-state index in [2.05, 4.69) is 10.6 Å². The molecular formula is C21H24N2O5. The highest BCUT2D eigenvalue weighted by Crippen LogP contribution is 2.24. The summed E-state index contributed by atoms with van der Waals surface area (Å²) < 4.78 is 10.3. The molecule has 0 radical (unpaired) electrons. The van der Waals surface area contributed by atoms with Crippen LogP contribution in [-0.2, 0) is 9.59 Å². The number of Topliss-reactive ketones (excluding diaryl/α,β-unsaturated/α-hetero) is 1. The molecule has 7 heteroatoms. The molecule has 0 fully saturated rings. The van der Waals surface area contributed by atoms with Crippen LogP contribution < -0.4 is 20.1 Å². The van der Waals surface area contributed by atoms with Gasteiger partial charge in [0.2, 0.25) is 11.8 Å². The first-order chi connectivity index (χ1) is 13.5. The van der Waals surface area contributed by atoms with Crippen molar-refractivity contribution in [2.45, 2.75) is 26.2 Å². The van der Waals surface area contributed by atoms with E-state index >= 15 is 0 Å². The highest BCUT2D eigenvalue weighted by atomic mass is 16.5. The highest BCUT2D eigenvalue weighted by molar-refractivity contribution is 6.05. The number of hydrogen-bond acceptors (Lipinski definition) is 5. The summed E-state index contributed by atoms with van der Waals surface area (Å²) in [5.74, 6) is 0.409. The average molecular weight is 384 g/mol. The van der Waals surface area contributed by atoms with Gasteiger partial charge in [0.1, 0.15) is 11.5 Å². The predicted molar refractivity (Wildman–Crippen MR) is 107 cm³/mol. The smallest absolute Gasteiger partial charge is 0.224 e. The van der Waals surface area contributed by atoms with E-state index in [0.717, 1.165) is 0 Å². The Labute approximate surface area is 164 Å². The van der Waals surface area contributed by atoms with Gasteiger partial charge in [0, 0.05) is 42.6 Å². The van der Waals surface area contributed by atoms with Crippen molar-refractivity contribution >= 4 is 29.0 Å². The zero-order valence-corrected chi connectivity index (χ0v) is 16.2. The van der Waals surface area contributed by atoms with Crippen molar-refractivity contribution in [3.05, 3.63) is 48.0 Å². The van der Waals surface area contributed by atoms with Crippen molar-refractivity contribution in [2.75, 3.05) is 24.9 Å². The SMILES string of the molecule is CCC(=O)c1ccc(OC)cc1NC(=O)CCC(=O)Nc1cccc(OC)c1. The van der Waals surface area contributed by atoms with Gasteiger partial charge in [-0.25, -0.2) is 0 Å². The fourth-order valence-corrected chi connectivity index (χ4v) is 2.55. The van der Waals surface area contributed by atoms with Gasteiger partial charge in [0.25, 0.3) is 0 Å². The fourth-order valence-electron chi connectivity index (χ4n) is 2.55. The number of amides is 2. The van der Waals surface area contributed by atoms with Gasteiger partial charge in [0.05, 0.1) is 19.9 Å². The van der Waals surface area contributed by atoms with Crippen molar-refractivity contribution in [3.8, 4) is 11.5 Å². The Hall–Kier alpha value is -3.35. The number of ether oxygens (including phenoxy) is 2. The Morgan fingerprint density at radius 2 is 1.50 bits per heavy atom. The summed E-state index contributed by atoms with van der Waals surface area (Å²) in [5.41, 5.74) is 1.38. The standard InChI is InChI=1S/C21H24N2O5/c1-4-19(24)17-9-8-16(28-3)13-18(17)23-21(26)11-10-20(25)22-14-6-5-7-15(12-14)27-2/h5-9,12-13H,4,10-11H2,1-3H3,(H,22,25)(H,23,26). The summed E-state index contributed by atoms with van der Waals surface area (Å²) in [6, 6.07) is 11.8. The third-order valence-electron chi connectivity index (χ3n) is 4.05. The van der Waals surface area contributed by atoms with E-state index in [1.165, 1.54) is 7.11 Å². The lowest BCUT2D eigenvalue weighted by Crippen LogP contribution is -2.18. The van der Waals surface area contributed by atoms with Gasteiger partial charge < -0.3 is 20.1 Å². The van der Waals surface area contributed by atoms with Gasteiger partial charge in [-0.3, -0.25) is 14.4 Å². The molecule has 2 amide bonds. The normalized spacial score (nSPS) is 10.1. The first kappa shape index (κ1) is 21.0. The van der Waals surface area contributed by atoms with E-state index in [4.69, 9.17) is 9.47 Å². The topological polar surface area (TPSA) is 93.7 Å². The van der Waals surface area contributed by atoms with Crippen molar-refractivity contribution in [1.29, 1.82) is 0 Å². The molecule has 2 N–H and O–H groups in total. The van der Waals surface area contributed by atoms with Gasteiger partial charge >= 0.3 is 0 Å². The molecule has 0 aliphatic carbocycles. The Balaban J connectivity index is 1.96. The lowest BCUT2D eigenvalue weighted by molar-refractivity contribution is -0.121. The van der Waals surface area contributed by atoms with Crippen LogP contribution in [0.25, 0.3) is 0 Å². The van der Waals surface area contributed by atoms with E-state index in [-0.39, 0.29) is 30.4 Å². The van der Waals surface area contributed by atoms with Crippen LogP contribution in [0.3, 0.4) is 0 Å². The number of anilines is 2. The van der Waals surface area contributed by atoms with E-state index in [0.29, 0.717) is 34.9 Å². The largest absolute Gasteiger partial charge is 0.497 e. The fraction of sp³-hybridized carbons (Fsp3) is 0.286. The Morgan fingerprint density at radius 1 is 0.857 bits per heavy atom. The third-order valence-corrected chi connectivity index (χ3v) is 4.05. The molecule has 2 aromatic rings. The van der Waals surface area contributed by atoms with Crippen molar-refractivity contribution in [2.24, 2.45) is 0 Å². The number of benzene rings is 2. The van der Waals surface area contributed by atoms with E-state index < -0.39 is 0 Å². The molecule has 0 heterocycles. The molecule has 2 rings (SSSR count). The van der Waals surface area contributed by atoms with Gasteiger partial charge in [0.15, 0.2) is 5.78 Å². The molecule has 0 saturated carbocycles. The average Bonchev–Trinajstić information content (AvgIpc) is 2.71. The molecule has 0 spiro atoms. The van der Waals surface area contributed by atoms with Gasteiger partial charge in [-0.1, -0.05) is 13.0 Å². The van der Waals surface area contributed by atoms with Crippen LogP contribution in [0.2, 0.25) is 0 Å². The van der Waals surface area contributed by atoms with E-state index in [1.807, 2.05) is 0 Å². The first-order valence-electron chi connectivity index (χ1n) is 8.91. The molecule has 0 aliphatic rings. The molecule has 0 aliphatic heterocycles. The Bertz CT molecular complexity index is 864. The van der Waals surface area contributed by atoms with Crippen LogP contribution in [0, 0.1) is 0 Å². The summed E-state index contributed by atoms with van der Waals surface area (Å²) >= 11 is 0. The van der Waals surface area contributed by atoms with Crippen molar-refractivity contribution in [3.63, 3.8) is 0 Å². The van der Waals surface area contributed by atoms with Gasteiger partial charge in [-0.2, -0.15) is 0 Å². The summed E-state index contributed by atoms with van der Waals surface area (Å²) in [5, 5.41) is 5.42. The predicted octanol–water partition coefficient (Wildman–Crippen LogP) is 3.65. The Morgan fingerprint density at radius 3 is 2.14 bits per heavy atom. The molecule has 0 atom stereocenters. The Kier molecular flexibility index (Phi) is 7.56. The number of ketones is 1. The molecule has 0 aromatic heterocycles. The van der Waals surface area contributed by atoms with E-state index in [1.54, 1.807) is 56.5 Å². The molecule has 0 bridgehead atoms. The number of nitrogens with one attached hydrogen (secondary N) is 2. The molecule has 7 nitrogen and oxygen atoms in total. The molecule has 0 unspecified atom stereocenters. The second-order valence-electron chi connectivity index (χ2n) is 6.02. The lowest BCUT2D eigenvalue weighted by atomic mass is 10.1.